The number of aliphatic carboxylic acids is 1. The number of carbonyl (C=O) groups is 2. The number of nitrogens with one attached hydrogen (secondary N) is 1. The molecule has 0 radical (unpaired) electrons. The molecular weight excluding hydrogens is 242 g/mol. The van der Waals surface area contributed by atoms with E-state index in [0.29, 0.717) is 6.42 Å². The zero-order valence-corrected chi connectivity index (χ0v) is 11.2. The maximum absolute atomic E-state index is 12.0. The fourth-order valence-corrected chi connectivity index (χ4v) is 5.11. The van der Waals surface area contributed by atoms with Crippen LogP contribution in [0.3, 0.4) is 0 Å². The van der Waals surface area contributed by atoms with Crippen LogP contribution in [0.2, 0.25) is 0 Å². The van der Waals surface area contributed by atoms with Crippen LogP contribution in [0, 0.1) is 23.2 Å². The summed E-state index contributed by atoms with van der Waals surface area (Å²) in [7, 11) is 0. The number of amides is 1. The molecule has 0 aliphatic heterocycles. The summed E-state index contributed by atoms with van der Waals surface area (Å²) in [6, 6.07) is 0. The Morgan fingerprint density at radius 3 is 2.00 bits per heavy atom. The lowest BCUT2D eigenvalue weighted by atomic mass is 9.49. The van der Waals surface area contributed by atoms with Gasteiger partial charge in [-0.2, -0.15) is 0 Å². The third-order valence-electron chi connectivity index (χ3n) is 5.25. The highest BCUT2D eigenvalue weighted by Crippen LogP contribution is 2.61. The average molecular weight is 263 g/mol. The Hall–Kier alpha value is -1.32. The molecule has 1 amide bonds. The zero-order valence-electron chi connectivity index (χ0n) is 11.2. The molecular formula is C15H21NO3. The molecule has 4 aliphatic carbocycles. The number of hydrogen-bond acceptors (Lipinski definition) is 2. The first kappa shape index (κ1) is 12.7. The minimum absolute atomic E-state index is 0.150. The molecule has 0 aromatic rings. The molecule has 0 heterocycles. The molecule has 4 rings (SSSR count). The van der Waals surface area contributed by atoms with Crippen molar-refractivity contribution in [3.8, 4) is 0 Å². The van der Waals surface area contributed by atoms with Gasteiger partial charge in [0.1, 0.15) is 5.70 Å². The van der Waals surface area contributed by atoms with E-state index in [9.17, 15) is 9.59 Å². The van der Waals surface area contributed by atoms with E-state index in [-0.39, 0.29) is 17.0 Å². The van der Waals surface area contributed by atoms with E-state index in [1.807, 2.05) is 0 Å². The summed E-state index contributed by atoms with van der Waals surface area (Å²) in [6.45, 7) is 3.36. The third-order valence-corrected chi connectivity index (χ3v) is 5.25. The molecule has 4 fully saturated rings. The quantitative estimate of drug-likeness (QED) is 0.765. The van der Waals surface area contributed by atoms with Crippen LogP contribution in [0.1, 0.15) is 44.9 Å². The Morgan fingerprint density at radius 1 is 1.11 bits per heavy atom. The molecule has 0 unspecified atom stereocenters. The first-order valence-corrected chi connectivity index (χ1v) is 7.18. The summed E-state index contributed by atoms with van der Waals surface area (Å²) in [5.74, 6) is 1.10. The van der Waals surface area contributed by atoms with E-state index in [1.54, 1.807) is 0 Å². The smallest absolute Gasteiger partial charge is 0.351 e. The minimum Gasteiger partial charge on any atom is -0.477 e. The van der Waals surface area contributed by atoms with Crippen LogP contribution in [0.25, 0.3) is 0 Å². The van der Waals surface area contributed by atoms with E-state index in [4.69, 9.17) is 5.11 Å². The fourth-order valence-electron chi connectivity index (χ4n) is 5.11. The van der Waals surface area contributed by atoms with Crippen LogP contribution >= 0.6 is 0 Å². The summed E-state index contributed by atoms with van der Waals surface area (Å²) in [6.07, 6.45) is 8.00. The second kappa shape index (κ2) is 4.36. The number of carbonyl (C=O) groups excluding carboxylic acids is 1. The molecule has 0 saturated heterocycles. The Bertz CT molecular complexity index is 405. The summed E-state index contributed by atoms with van der Waals surface area (Å²) < 4.78 is 0. The van der Waals surface area contributed by atoms with E-state index in [0.717, 1.165) is 37.0 Å². The monoisotopic (exact) mass is 263 g/mol. The molecule has 104 valence electrons. The molecule has 0 atom stereocenters. The van der Waals surface area contributed by atoms with Crippen LogP contribution in [-0.2, 0) is 9.59 Å². The summed E-state index contributed by atoms with van der Waals surface area (Å²) in [5, 5.41) is 11.2. The van der Waals surface area contributed by atoms with Crippen LogP contribution < -0.4 is 5.32 Å². The molecule has 4 aliphatic rings. The number of hydrogen-bond donors (Lipinski definition) is 2. The molecule has 2 N–H and O–H groups in total. The van der Waals surface area contributed by atoms with Crippen molar-refractivity contribution < 1.29 is 14.7 Å². The van der Waals surface area contributed by atoms with E-state index < -0.39 is 5.97 Å². The van der Waals surface area contributed by atoms with Crippen molar-refractivity contribution in [3.05, 3.63) is 12.3 Å². The molecule has 4 bridgehead atoms. The van der Waals surface area contributed by atoms with Crippen molar-refractivity contribution in [1.82, 2.24) is 5.32 Å². The highest BCUT2D eigenvalue weighted by molar-refractivity contribution is 5.92. The largest absolute Gasteiger partial charge is 0.477 e. The van der Waals surface area contributed by atoms with E-state index >= 15 is 0 Å². The van der Waals surface area contributed by atoms with Crippen molar-refractivity contribution in [3.63, 3.8) is 0 Å². The van der Waals surface area contributed by atoms with Crippen molar-refractivity contribution in [2.75, 3.05) is 0 Å². The lowest BCUT2D eigenvalue weighted by Crippen LogP contribution is -2.48. The van der Waals surface area contributed by atoms with E-state index in [2.05, 4.69) is 11.9 Å². The molecule has 0 aromatic heterocycles. The maximum Gasteiger partial charge on any atom is 0.351 e. The number of carboxylic acid groups (broad SMARTS) is 1. The molecule has 4 nitrogen and oxygen atoms in total. The van der Waals surface area contributed by atoms with Gasteiger partial charge in [0.25, 0.3) is 0 Å². The Morgan fingerprint density at radius 2 is 1.58 bits per heavy atom. The van der Waals surface area contributed by atoms with Gasteiger partial charge in [0.05, 0.1) is 0 Å². The van der Waals surface area contributed by atoms with Crippen LogP contribution in [-0.4, -0.2) is 17.0 Å². The standard InChI is InChI=1S/C15H21NO3/c1-9(14(18)19)16-13(17)8-15-5-10-2-11(6-15)4-12(3-10)7-15/h10-12H,1-8H2,(H,16,17)(H,18,19). The van der Waals surface area contributed by atoms with Gasteiger partial charge in [0.15, 0.2) is 0 Å². The van der Waals surface area contributed by atoms with Crippen LogP contribution in [0.4, 0.5) is 0 Å². The van der Waals surface area contributed by atoms with Gasteiger partial charge in [0.2, 0.25) is 5.91 Å². The zero-order chi connectivity index (χ0) is 13.6. The molecule has 0 spiro atoms. The number of carboxylic acids is 1. The normalized spacial score (nSPS) is 39.1. The van der Waals surface area contributed by atoms with Gasteiger partial charge >= 0.3 is 5.97 Å². The summed E-state index contributed by atoms with van der Waals surface area (Å²) in [5.41, 5.74) is -0.0628. The van der Waals surface area contributed by atoms with Gasteiger partial charge in [-0.3, -0.25) is 4.79 Å². The third kappa shape index (κ3) is 2.40. The van der Waals surface area contributed by atoms with Gasteiger partial charge in [-0.1, -0.05) is 6.58 Å². The predicted molar refractivity (Wildman–Crippen MR) is 70.1 cm³/mol. The van der Waals surface area contributed by atoms with E-state index in [1.165, 1.54) is 19.3 Å². The Kier molecular flexibility index (Phi) is 2.91. The summed E-state index contributed by atoms with van der Waals surface area (Å²) >= 11 is 0. The number of rotatable bonds is 4. The van der Waals surface area contributed by atoms with Gasteiger partial charge in [0, 0.05) is 6.42 Å². The van der Waals surface area contributed by atoms with Gasteiger partial charge in [-0.25, -0.2) is 4.79 Å². The first-order chi connectivity index (χ1) is 8.96. The highest BCUT2D eigenvalue weighted by Gasteiger charge is 2.51. The lowest BCUT2D eigenvalue weighted by Gasteiger charge is -2.56. The van der Waals surface area contributed by atoms with Crippen molar-refractivity contribution in [2.45, 2.75) is 44.9 Å². The van der Waals surface area contributed by atoms with Crippen LogP contribution in [0.5, 0.6) is 0 Å². The topological polar surface area (TPSA) is 66.4 Å². The van der Waals surface area contributed by atoms with Gasteiger partial charge in [-0.15, -0.1) is 0 Å². The first-order valence-electron chi connectivity index (χ1n) is 7.18. The second-order valence-corrected chi connectivity index (χ2v) is 6.93. The predicted octanol–water partition coefficient (Wildman–Crippen LogP) is 2.31. The Balaban J connectivity index is 1.64. The average Bonchev–Trinajstić information content (AvgIpc) is 2.25. The fraction of sp³-hybridized carbons (Fsp3) is 0.733. The summed E-state index contributed by atoms with van der Waals surface area (Å²) in [4.78, 5) is 22.7. The molecule has 0 aromatic carbocycles. The van der Waals surface area contributed by atoms with Gasteiger partial charge in [-0.05, 0) is 61.7 Å². The molecule has 19 heavy (non-hydrogen) atoms. The highest BCUT2D eigenvalue weighted by atomic mass is 16.4. The molecule has 4 saturated carbocycles. The second-order valence-electron chi connectivity index (χ2n) is 6.93. The van der Waals surface area contributed by atoms with Crippen molar-refractivity contribution >= 4 is 11.9 Å². The minimum atomic E-state index is -1.15. The maximum atomic E-state index is 12.0. The van der Waals surface area contributed by atoms with Crippen LogP contribution in [0.15, 0.2) is 12.3 Å². The lowest BCUT2D eigenvalue weighted by molar-refractivity contribution is -0.136. The van der Waals surface area contributed by atoms with Gasteiger partial charge < -0.3 is 10.4 Å². The Labute approximate surface area is 113 Å². The SMILES string of the molecule is C=C(NC(=O)CC12CC3CC(CC(C3)C1)C2)C(=O)O. The van der Waals surface area contributed by atoms with Crippen molar-refractivity contribution in [2.24, 2.45) is 23.2 Å². The van der Waals surface area contributed by atoms with Crippen molar-refractivity contribution in [1.29, 1.82) is 0 Å². The molecule has 4 heteroatoms.